The van der Waals surface area contributed by atoms with Crippen molar-refractivity contribution in [3.63, 3.8) is 0 Å². The molecule has 2 atom stereocenters. The van der Waals surface area contributed by atoms with Gasteiger partial charge in [-0.15, -0.1) is 0 Å². The minimum Gasteiger partial charge on any atom is -0.390 e. The zero-order valence-electron chi connectivity index (χ0n) is 11.5. The molecule has 0 bridgehead atoms. The molecule has 1 aromatic rings. The fraction of sp³-hybridized carbons (Fsp3) is 0.571. The predicted molar refractivity (Wildman–Crippen MR) is 72.1 cm³/mol. The lowest BCUT2D eigenvalue weighted by Crippen LogP contribution is -2.36. The Kier molecular flexibility index (Phi) is 4.69. The monoisotopic (exact) mass is 236 g/mol. The van der Waals surface area contributed by atoms with E-state index < -0.39 is 6.10 Å². The average molecular weight is 236 g/mol. The van der Waals surface area contributed by atoms with Gasteiger partial charge in [-0.1, -0.05) is 12.1 Å². The minimum atomic E-state index is -0.536. The molecule has 3 N–H and O–H groups in total. The van der Waals surface area contributed by atoms with Gasteiger partial charge < -0.3 is 15.7 Å². The Bertz CT molecular complexity index is 388. The number of nitrogens with zero attached hydrogens (tertiary/aromatic N) is 1. The van der Waals surface area contributed by atoms with E-state index in [0.29, 0.717) is 0 Å². The van der Waals surface area contributed by atoms with Crippen LogP contribution < -0.4 is 5.73 Å². The third-order valence-electron chi connectivity index (χ3n) is 3.36. The van der Waals surface area contributed by atoms with Gasteiger partial charge in [0, 0.05) is 6.54 Å². The van der Waals surface area contributed by atoms with Crippen LogP contribution in [0.5, 0.6) is 0 Å². The first-order valence-electron chi connectivity index (χ1n) is 6.00. The van der Waals surface area contributed by atoms with Gasteiger partial charge >= 0.3 is 0 Å². The van der Waals surface area contributed by atoms with Crippen molar-refractivity contribution in [2.75, 3.05) is 20.6 Å². The van der Waals surface area contributed by atoms with Crippen molar-refractivity contribution in [1.82, 2.24) is 4.90 Å². The van der Waals surface area contributed by atoms with Crippen LogP contribution in [0.1, 0.15) is 28.3 Å². The SMILES string of the molecule is Cc1cc(C)c(C(C(O)CN)N(C)C)cc1C. The van der Waals surface area contributed by atoms with Crippen LogP contribution in [-0.4, -0.2) is 36.8 Å². The van der Waals surface area contributed by atoms with Crippen LogP contribution in [0, 0.1) is 20.8 Å². The molecular formula is C14H24N2O. The Morgan fingerprint density at radius 3 is 2.12 bits per heavy atom. The van der Waals surface area contributed by atoms with Crippen molar-refractivity contribution in [3.8, 4) is 0 Å². The van der Waals surface area contributed by atoms with E-state index in [1.807, 2.05) is 19.0 Å². The second-order valence-electron chi connectivity index (χ2n) is 5.00. The molecule has 17 heavy (non-hydrogen) atoms. The van der Waals surface area contributed by atoms with Crippen molar-refractivity contribution in [3.05, 3.63) is 34.4 Å². The standard InChI is InChI=1S/C14H24N2O/c1-9-6-11(3)12(7-10(9)2)14(16(4)5)13(17)8-15/h6-7,13-14,17H,8,15H2,1-5H3. The van der Waals surface area contributed by atoms with Crippen LogP contribution in [0.3, 0.4) is 0 Å². The van der Waals surface area contributed by atoms with Crippen LogP contribution in [0.25, 0.3) is 0 Å². The third-order valence-corrected chi connectivity index (χ3v) is 3.36. The Morgan fingerprint density at radius 1 is 1.12 bits per heavy atom. The summed E-state index contributed by atoms with van der Waals surface area (Å²) in [7, 11) is 3.94. The highest BCUT2D eigenvalue weighted by Crippen LogP contribution is 2.27. The number of rotatable bonds is 4. The molecule has 0 amide bonds. The zero-order valence-corrected chi connectivity index (χ0v) is 11.5. The summed E-state index contributed by atoms with van der Waals surface area (Å²) in [6, 6.07) is 4.29. The summed E-state index contributed by atoms with van der Waals surface area (Å²) in [5.74, 6) is 0. The summed E-state index contributed by atoms with van der Waals surface area (Å²) in [4.78, 5) is 2.02. The third kappa shape index (κ3) is 3.06. The summed E-state index contributed by atoms with van der Waals surface area (Å²) in [6.45, 7) is 6.56. The fourth-order valence-electron chi connectivity index (χ4n) is 2.26. The summed E-state index contributed by atoms with van der Waals surface area (Å²) in [5.41, 5.74) is 10.5. The highest BCUT2D eigenvalue weighted by atomic mass is 16.3. The van der Waals surface area contributed by atoms with E-state index in [1.165, 1.54) is 16.7 Å². The van der Waals surface area contributed by atoms with E-state index in [4.69, 9.17) is 5.73 Å². The number of hydrogen-bond acceptors (Lipinski definition) is 3. The molecule has 0 aliphatic heterocycles. The van der Waals surface area contributed by atoms with Crippen LogP contribution in [0.2, 0.25) is 0 Å². The first-order valence-corrected chi connectivity index (χ1v) is 6.00. The number of benzene rings is 1. The first-order chi connectivity index (χ1) is 7.88. The maximum atomic E-state index is 10.1. The molecule has 0 saturated carbocycles. The van der Waals surface area contributed by atoms with E-state index >= 15 is 0 Å². The van der Waals surface area contributed by atoms with Gasteiger partial charge in [0.15, 0.2) is 0 Å². The minimum absolute atomic E-state index is 0.0423. The van der Waals surface area contributed by atoms with Crippen LogP contribution >= 0.6 is 0 Å². The highest BCUT2D eigenvalue weighted by molar-refractivity contribution is 5.38. The lowest BCUT2D eigenvalue weighted by molar-refractivity contribution is 0.0819. The number of nitrogens with two attached hydrogens (primary N) is 1. The Balaban J connectivity index is 3.23. The molecule has 0 fully saturated rings. The molecule has 0 radical (unpaired) electrons. The molecule has 3 heteroatoms. The number of aliphatic hydroxyl groups excluding tert-OH is 1. The summed E-state index contributed by atoms with van der Waals surface area (Å²) >= 11 is 0. The van der Waals surface area contributed by atoms with Crippen molar-refractivity contribution in [2.24, 2.45) is 5.73 Å². The second-order valence-corrected chi connectivity index (χ2v) is 5.00. The van der Waals surface area contributed by atoms with Gasteiger partial charge in [0.2, 0.25) is 0 Å². The van der Waals surface area contributed by atoms with E-state index in [0.717, 1.165) is 5.56 Å². The van der Waals surface area contributed by atoms with Gasteiger partial charge in [-0.25, -0.2) is 0 Å². The largest absolute Gasteiger partial charge is 0.390 e. The highest BCUT2D eigenvalue weighted by Gasteiger charge is 2.24. The van der Waals surface area contributed by atoms with Crippen LogP contribution in [0.4, 0.5) is 0 Å². The molecule has 96 valence electrons. The van der Waals surface area contributed by atoms with Gasteiger partial charge in [-0.3, -0.25) is 0 Å². The summed E-state index contributed by atoms with van der Waals surface area (Å²) < 4.78 is 0. The molecule has 2 unspecified atom stereocenters. The zero-order chi connectivity index (χ0) is 13.2. The lowest BCUT2D eigenvalue weighted by Gasteiger charge is -2.30. The Morgan fingerprint density at radius 2 is 1.65 bits per heavy atom. The number of aryl methyl sites for hydroxylation is 3. The van der Waals surface area contributed by atoms with E-state index in [9.17, 15) is 5.11 Å². The first kappa shape index (κ1) is 14.2. The maximum absolute atomic E-state index is 10.1. The van der Waals surface area contributed by atoms with Gasteiger partial charge in [-0.2, -0.15) is 0 Å². The molecule has 0 spiro atoms. The molecule has 0 aromatic heterocycles. The predicted octanol–water partition coefficient (Wildman–Crippen LogP) is 1.53. The molecular weight excluding hydrogens is 212 g/mol. The number of likely N-dealkylation sites (N-methyl/N-ethyl adjacent to an activating group) is 1. The molecule has 3 nitrogen and oxygen atoms in total. The van der Waals surface area contributed by atoms with Crippen LogP contribution in [0.15, 0.2) is 12.1 Å². The van der Waals surface area contributed by atoms with E-state index in [1.54, 1.807) is 0 Å². The van der Waals surface area contributed by atoms with Gasteiger partial charge in [0.25, 0.3) is 0 Å². The summed E-state index contributed by atoms with van der Waals surface area (Å²) in [5, 5.41) is 10.1. The lowest BCUT2D eigenvalue weighted by atomic mass is 9.92. The van der Waals surface area contributed by atoms with Gasteiger partial charge in [0.1, 0.15) is 0 Å². The van der Waals surface area contributed by atoms with Gasteiger partial charge in [0.05, 0.1) is 12.1 Å². The Hall–Kier alpha value is -0.900. The van der Waals surface area contributed by atoms with Gasteiger partial charge in [-0.05, 0) is 57.1 Å². The molecule has 1 rings (SSSR count). The fourth-order valence-corrected chi connectivity index (χ4v) is 2.26. The van der Waals surface area contributed by atoms with E-state index in [2.05, 4.69) is 32.9 Å². The molecule has 0 aliphatic carbocycles. The number of hydrogen-bond donors (Lipinski definition) is 2. The molecule has 0 heterocycles. The van der Waals surface area contributed by atoms with Crippen LogP contribution in [-0.2, 0) is 0 Å². The summed E-state index contributed by atoms with van der Waals surface area (Å²) in [6.07, 6.45) is -0.536. The normalized spacial score (nSPS) is 15.1. The average Bonchev–Trinajstić information content (AvgIpc) is 2.25. The smallest absolute Gasteiger partial charge is 0.0858 e. The van der Waals surface area contributed by atoms with Crippen molar-refractivity contribution in [2.45, 2.75) is 32.9 Å². The van der Waals surface area contributed by atoms with E-state index in [-0.39, 0.29) is 12.6 Å². The Labute approximate surface area is 104 Å². The van der Waals surface area contributed by atoms with Crippen molar-refractivity contribution < 1.29 is 5.11 Å². The maximum Gasteiger partial charge on any atom is 0.0858 e. The number of aliphatic hydroxyl groups is 1. The van der Waals surface area contributed by atoms with Crippen molar-refractivity contribution in [1.29, 1.82) is 0 Å². The van der Waals surface area contributed by atoms with Crippen molar-refractivity contribution >= 4 is 0 Å². The molecule has 0 saturated heterocycles. The second kappa shape index (κ2) is 5.63. The molecule has 0 aliphatic rings. The topological polar surface area (TPSA) is 49.5 Å². The molecule has 1 aromatic carbocycles. The quantitative estimate of drug-likeness (QED) is 0.833.